The molecule has 3 atom stereocenters. The molecule has 0 radical (unpaired) electrons. The average molecular weight is 262 g/mol. The number of methoxy groups -OCH3 is 1. The molecule has 3 unspecified atom stereocenters. The molecule has 19 heavy (non-hydrogen) atoms. The van der Waals surface area contributed by atoms with Crippen LogP contribution >= 0.6 is 0 Å². The second-order valence-corrected chi connectivity index (χ2v) is 5.78. The first-order valence-electron chi connectivity index (χ1n) is 7.16. The Bertz CT molecular complexity index is 433. The first kappa shape index (κ1) is 14.4. The van der Waals surface area contributed by atoms with E-state index >= 15 is 0 Å². The first-order valence-corrected chi connectivity index (χ1v) is 7.16. The molecule has 1 aliphatic rings. The van der Waals surface area contributed by atoms with Gasteiger partial charge >= 0.3 is 0 Å². The molecule has 1 fully saturated rings. The van der Waals surface area contributed by atoms with E-state index in [2.05, 4.69) is 56.1 Å². The van der Waals surface area contributed by atoms with Crippen molar-refractivity contribution in [2.45, 2.75) is 45.8 Å². The van der Waals surface area contributed by atoms with Crippen molar-refractivity contribution >= 4 is 0 Å². The molecule has 1 heterocycles. The molecule has 0 spiro atoms. The Morgan fingerprint density at radius 2 is 2.11 bits per heavy atom. The van der Waals surface area contributed by atoms with Crippen LogP contribution in [0.4, 0.5) is 0 Å². The van der Waals surface area contributed by atoms with E-state index in [9.17, 15) is 0 Å². The van der Waals surface area contributed by atoms with Gasteiger partial charge in [0.1, 0.15) is 5.75 Å². The van der Waals surface area contributed by atoms with Gasteiger partial charge in [-0.05, 0) is 33.8 Å². The smallest absolute Gasteiger partial charge is 0.123 e. The van der Waals surface area contributed by atoms with Crippen LogP contribution in [0.15, 0.2) is 18.2 Å². The Balaban J connectivity index is 2.27. The number of benzene rings is 1. The second-order valence-electron chi connectivity index (χ2n) is 5.78. The van der Waals surface area contributed by atoms with Gasteiger partial charge in [-0.3, -0.25) is 4.90 Å². The van der Waals surface area contributed by atoms with E-state index in [0.717, 1.165) is 18.8 Å². The Hall–Kier alpha value is -1.06. The van der Waals surface area contributed by atoms with Gasteiger partial charge in [0.25, 0.3) is 0 Å². The fourth-order valence-electron chi connectivity index (χ4n) is 2.95. The molecule has 1 N–H and O–H groups in total. The number of nitrogens with one attached hydrogen (secondary N) is 1. The van der Waals surface area contributed by atoms with Gasteiger partial charge in [0.05, 0.1) is 7.11 Å². The van der Waals surface area contributed by atoms with Gasteiger partial charge in [0.2, 0.25) is 0 Å². The van der Waals surface area contributed by atoms with Crippen LogP contribution in [0.5, 0.6) is 5.75 Å². The highest BCUT2D eigenvalue weighted by Crippen LogP contribution is 2.32. The molecule has 0 saturated carbocycles. The van der Waals surface area contributed by atoms with Gasteiger partial charge in [-0.15, -0.1) is 0 Å². The quantitative estimate of drug-likeness (QED) is 0.906. The van der Waals surface area contributed by atoms with Gasteiger partial charge in [-0.2, -0.15) is 0 Å². The minimum atomic E-state index is 0.384. The molecule has 1 aromatic rings. The predicted octanol–water partition coefficient (Wildman–Crippen LogP) is 2.75. The van der Waals surface area contributed by atoms with Crippen LogP contribution in [0.3, 0.4) is 0 Å². The van der Waals surface area contributed by atoms with Crippen LogP contribution in [-0.2, 0) is 0 Å². The third-order valence-electron chi connectivity index (χ3n) is 4.15. The van der Waals surface area contributed by atoms with Gasteiger partial charge in [-0.25, -0.2) is 0 Å². The van der Waals surface area contributed by atoms with Crippen molar-refractivity contribution in [3.8, 4) is 5.75 Å². The summed E-state index contributed by atoms with van der Waals surface area (Å²) < 4.78 is 5.53. The maximum atomic E-state index is 5.53. The number of hydrogen-bond acceptors (Lipinski definition) is 3. The highest BCUT2D eigenvalue weighted by atomic mass is 16.5. The third-order valence-corrected chi connectivity index (χ3v) is 4.15. The van der Waals surface area contributed by atoms with Gasteiger partial charge < -0.3 is 10.1 Å². The van der Waals surface area contributed by atoms with E-state index < -0.39 is 0 Å². The molecule has 106 valence electrons. The third kappa shape index (κ3) is 3.10. The summed E-state index contributed by atoms with van der Waals surface area (Å²) in [5.41, 5.74) is 2.59. The number of nitrogens with zero attached hydrogens (tertiary/aromatic N) is 1. The van der Waals surface area contributed by atoms with Crippen LogP contribution < -0.4 is 10.1 Å². The summed E-state index contributed by atoms with van der Waals surface area (Å²) in [7, 11) is 1.75. The topological polar surface area (TPSA) is 24.5 Å². The summed E-state index contributed by atoms with van der Waals surface area (Å²) in [6.45, 7) is 11.1. The number of aryl methyl sites for hydroxylation is 1. The molecule has 1 aliphatic heterocycles. The number of ether oxygens (including phenoxy) is 1. The van der Waals surface area contributed by atoms with Crippen LogP contribution in [0.2, 0.25) is 0 Å². The normalized spacial score (nSPS) is 26.2. The van der Waals surface area contributed by atoms with E-state index in [1.54, 1.807) is 7.11 Å². The summed E-state index contributed by atoms with van der Waals surface area (Å²) in [5, 5.41) is 3.54. The largest absolute Gasteiger partial charge is 0.496 e. The minimum absolute atomic E-state index is 0.384. The minimum Gasteiger partial charge on any atom is -0.496 e. The van der Waals surface area contributed by atoms with E-state index in [-0.39, 0.29) is 0 Å². The van der Waals surface area contributed by atoms with Crippen LogP contribution in [-0.4, -0.2) is 37.2 Å². The monoisotopic (exact) mass is 262 g/mol. The molecule has 1 aromatic carbocycles. The number of rotatable bonds is 3. The standard InChI is InChI=1S/C16H26N2O/c1-11-6-7-16(19-5)15(8-11)14(4)18-10-12(2)17-9-13(18)3/h6-8,12-14,17H,9-10H2,1-5H3. The lowest BCUT2D eigenvalue weighted by Crippen LogP contribution is -2.54. The number of piperazine rings is 1. The van der Waals surface area contributed by atoms with Crippen LogP contribution in [0.25, 0.3) is 0 Å². The summed E-state index contributed by atoms with van der Waals surface area (Å²) in [4.78, 5) is 2.57. The predicted molar refractivity (Wildman–Crippen MR) is 79.8 cm³/mol. The van der Waals surface area contributed by atoms with Crippen molar-refractivity contribution in [2.75, 3.05) is 20.2 Å². The van der Waals surface area contributed by atoms with Gasteiger partial charge in [0, 0.05) is 36.8 Å². The highest BCUT2D eigenvalue weighted by molar-refractivity contribution is 5.39. The zero-order valence-corrected chi connectivity index (χ0v) is 12.7. The summed E-state index contributed by atoms with van der Waals surface area (Å²) >= 11 is 0. The van der Waals surface area contributed by atoms with Crippen molar-refractivity contribution < 1.29 is 4.74 Å². The van der Waals surface area contributed by atoms with E-state index in [1.165, 1.54) is 11.1 Å². The van der Waals surface area contributed by atoms with Gasteiger partial charge in [0.15, 0.2) is 0 Å². The maximum Gasteiger partial charge on any atom is 0.123 e. The van der Waals surface area contributed by atoms with E-state index in [4.69, 9.17) is 4.74 Å². The summed E-state index contributed by atoms with van der Waals surface area (Å²) in [6, 6.07) is 7.93. The molecule has 2 rings (SSSR count). The zero-order valence-electron chi connectivity index (χ0n) is 12.7. The van der Waals surface area contributed by atoms with Crippen LogP contribution in [0.1, 0.15) is 37.9 Å². The molecular formula is C16H26N2O. The lowest BCUT2D eigenvalue weighted by molar-refractivity contribution is 0.102. The van der Waals surface area contributed by atoms with Gasteiger partial charge in [-0.1, -0.05) is 17.7 Å². The SMILES string of the molecule is COc1ccc(C)cc1C(C)N1CC(C)NCC1C. The molecule has 3 heteroatoms. The molecule has 0 bridgehead atoms. The average Bonchev–Trinajstić information content (AvgIpc) is 2.40. The Morgan fingerprint density at radius 3 is 2.79 bits per heavy atom. The zero-order chi connectivity index (χ0) is 14.0. The lowest BCUT2D eigenvalue weighted by Gasteiger charge is -2.41. The maximum absolute atomic E-state index is 5.53. The lowest BCUT2D eigenvalue weighted by atomic mass is 9.99. The molecule has 1 saturated heterocycles. The van der Waals surface area contributed by atoms with Crippen molar-refractivity contribution in [3.05, 3.63) is 29.3 Å². The molecule has 3 nitrogen and oxygen atoms in total. The highest BCUT2D eigenvalue weighted by Gasteiger charge is 2.28. The second kappa shape index (κ2) is 5.93. The van der Waals surface area contributed by atoms with E-state index in [1.807, 2.05) is 0 Å². The van der Waals surface area contributed by atoms with Crippen LogP contribution in [0, 0.1) is 6.92 Å². The van der Waals surface area contributed by atoms with E-state index in [0.29, 0.717) is 18.1 Å². The Labute approximate surface area is 116 Å². The number of hydrogen-bond donors (Lipinski definition) is 1. The summed E-state index contributed by atoms with van der Waals surface area (Å²) in [6.07, 6.45) is 0. The first-order chi connectivity index (χ1) is 9.02. The fourth-order valence-corrected chi connectivity index (χ4v) is 2.95. The van der Waals surface area contributed by atoms with Crippen molar-refractivity contribution in [1.29, 1.82) is 0 Å². The van der Waals surface area contributed by atoms with Crippen molar-refractivity contribution in [2.24, 2.45) is 0 Å². The van der Waals surface area contributed by atoms with Crippen molar-refractivity contribution in [3.63, 3.8) is 0 Å². The molecule has 0 amide bonds. The molecule has 0 aliphatic carbocycles. The summed E-state index contributed by atoms with van der Waals surface area (Å²) in [5.74, 6) is 0.997. The van der Waals surface area contributed by atoms with Crippen molar-refractivity contribution in [1.82, 2.24) is 10.2 Å². The molecular weight excluding hydrogens is 236 g/mol. The molecule has 0 aromatic heterocycles. The Kier molecular flexibility index (Phi) is 4.48. The fraction of sp³-hybridized carbons (Fsp3) is 0.625. The Morgan fingerprint density at radius 1 is 1.37 bits per heavy atom.